The second-order valence-electron chi connectivity index (χ2n) is 9.08. The molecule has 4 bridgehead atoms. The summed E-state index contributed by atoms with van der Waals surface area (Å²) < 4.78 is 0. The maximum absolute atomic E-state index is 10.7. The lowest BCUT2D eigenvalue weighted by Crippen LogP contribution is -2.48. The summed E-state index contributed by atoms with van der Waals surface area (Å²) in [5.74, 6) is 1.93. The number of carbonyl (C=O) groups is 1. The van der Waals surface area contributed by atoms with E-state index in [2.05, 4.69) is 11.1 Å². The summed E-state index contributed by atoms with van der Waals surface area (Å²) in [7, 11) is 0. The van der Waals surface area contributed by atoms with Gasteiger partial charge in [0.2, 0.25) is 0 Å². The molecule has 4 nitrogen and oxygen atoms in total. The summed E-state index contributed by atoms with van der Waals surface area (Å²) >= 11 is 0. The lowest BCUT2D eigenvalue weighted by atomic mass is 9.48. The van der Waals surface area contributed by atoms with Gasteiger partial charge in [-0.25, -0.2) is 4.79 Å². The highest BCUT2D eigenvalue weighted by molar-refractivity contribution is 5.85. The van der Waals surface area contributed by atoms with E-state index >= 15 is 0 Å². The summed E-state index contributed by atoms with van der Waals surface area (Å²) in [6.45, 7) is 0. The van der Waals surface area contributed by atoms with Crippen LogP contribution >= 0.6 is 0 Å². The molecule has 28 heavy (non-hydrogen) atoms. The van der Waals surface area contributed by atoms with Gasteiger partial charge in [0, 0.05) is 23.4 Å². The van der Waals surface area contributed by atoms with Crippen molar-refractivity contribution >= 4 is 12.0 Å². The standard InChI is InChI=1S/C24H25NO3/c26-22-5-3-19(21-4-1-15(14-25-21)2-6-23(27)28)10-20(22)24-11-16-7-17(12-24)9-18(8-16)13-24/h1-6,10,14,16-18,26H,7-9,11-13H2,(H,27,28)/b6-2+. The Hall–Kier alpha value is -2.62. The van der Waals surface area contributed by atoms with Crippen LogP contribution in [0.5, 0.6) is 5.75 Å². The number of aliphatic carboxylic acids is 1. The number of hydrogen-bond donors (Lipinski definition) is 2. The van der Waals surface area contributed by atoms with Gasteiger partial charge >= 0.3 is 5.97 Å². The summed E-state index contributed by atoms with van der Waals surface area (Å²) in [5, 5.41) is 19.5. The van der Waals surface area contributed by atoms with Crippen LogP contribution in [0.15, 0.2) is 42.6 Å². The van der Waals surface area contributed by atoms with Crippen LogP contribution in [-0.2, 0) is 10.2 Å². The molecule has 4 heteroatoms. The third-order valence-corrected chi connectivity index (χ3v) is 7.11. The van der Waals surface area contributed by atoms with Gasteiger partial charge in [-0.3, -0.25) is 4.98 Å². The zero-order valence-electron chi connectivity index (χ0n) is 15.8. The minimum Gasteiger partial charge on any atom is -0.508 e. The van der Waals surface area contributed by atoms with E-state index < -0.39 is 5.97 Å². The number of carboxylic acid groups (broad SMARTS) is 1. The van der Waals surface area contributed by atoms with Crippen molar-refractivity contribution in [2.75, 3.05) is 0 Å². The number of nitrogens with zero attached hydrogens (tertiary/aromatic N) is 1. The van der Waals surface area contributed by atoms with Crippen LogP contribution in [0.25, 0.3) is 17.3 Å². The van der Waals surface area contributed by atoms with Crippen LogP contribution in [-0.4, -0.2) is 21.2 Å². The second kappa shape index (κ2) is 6.47. The molecule has 1 aromatic carbocycles. The van der Waals surface area contributed by atoms with E-state index in [4.69, 9.17) is 5.11 Å². The summed E-state index contributed by atoms with van der Waals surface area (Å²) in [5.41, 5.74) is 3.86. The van der Waals surface area contributed by atoms with Crippen molar-refractivity contribution in [3.05, 3.63) is 53.7 Å². The van der Waals surface area contributed by atoms with Gasteiger partial charge in [0.25, 0.3) is 0 Å². The molecule has 144 valence electrons. The highest BCUT2D eigenvalue weighted by atomic mass is 16.4. The Kier molecular flexibility index (Phi) is 4.04. The maximum atomic E-state index is 10.7. The SMILES string of the molecule is O=C(O)/C=C/c1ccc(-c2ccc(O)c(C34CC5CC(CC(C5)C3)C4)c2)nc1. The summed E-state index contributed by atoms with van der Waals surface area (Å²) in [6, 6.07) is 9.69. The van der Waals surface area contributed by atoms with Crippen LogP contribution in [0.1, 0.15) is 49.7 Å². The number of aromatic hydroxyl groups is 1. The van der Waals surface area contributed by atoms with Crippen molar-refractivity contribution in [2.24, 2.45) is 17.8 Å². The highest BCUT2D eigenvalue weighted by Gasteiger charge is 2.52. The van der Waals surface area contributed by atoms with Crippen LogP contribution < -0.4 is 0 Å². The number of aromatic nitrogens is 1. The molecule has 1 aromatic heterocycles. The van der Waals surface area contributed by atoms with E-state index in [0.717, 1.165) is 46.2 Å². The molecule has 0 atom stereocenters. The van der Waals surface area contributed by atoms with E-state index in [-0.39, 0.29) is 5.41 Å². The average molecular weight is 375 g/mol. The fourth-order valence-electron chi connectivity index (χ4n) is 6.40. The van der Waals surface area contributed by atoms with Crippen LogP contribution in [0.2, 0.25) is 0 Å². The minimum absolute atomic E-state index is 0.138. The Morgan fingerprint density at radius 1 is 1.04 bits per heavy atom. The van der Waals surface area contributed by atoms with E-state index in [0.29, 0.717) is 5.75 Å². The Balaban J connectivity index is 1.48. The lowest BCUT2D eigenvalue weighted by Gasteiger charge is -2.57. The first-order valence-electron chi connectivity index (χ1n) is 10.2. The Labute approximate surface area is 164 Å². The van der Waals surface area contributed by atoms with E-state index in [1.807, 2.05) is 24.3 Å². The Bertz CT molecular complexity index is 910. The number of benzene rings is 1. The minimum atomic E-state index is -0.970. The predicted molar refractivity (Wildman–Crippen MR) is 108 cm³/mol. The molecule has 0 radical (unpaired) electrons. The summed E-state index contributed by atoms with van der Waals surface area (Å²) in [4.78, 5) is 15.2. The van der Waals surface area contributed by atoms with E-state index in [9.17, 15) is 9.90 Å². The van der Waals surface area contributed by atoms with Gasteiger partial charge < -0.3 is 10.2 Å². The molecule has 4 aliphatic carbocycles. The molecule has 4 aliphatic rings. The molecule has 6 rings (SSSR count). The number of pyridine rings is 1. The van der Waals surface area contributed by atoms with Crippen LogP contribution in [0.4, 0.5) is 0 Å². The topological polar surface area (TPSA) is 70.4 Å². The fourth-order valence-corrected chi connectivity index (χ4v) is 6.40. The molecule has 0 aliphatic heterocycles. The molecule has 4 saturated carbocycles. The normalized spacial score (nSPS) is 30.8. The zero-order valence-corrected chi connectivity index (χ0v) is 15.8. The van der Waals surface area contributed by atoms with Gasteiger partial charge in [-0.05, 0) is 97.6 Å². The highest BCUT2D eigenvalue weighted by Crippen LogP contribution is 2.62. The van der Waals surface area contributed by atoms with E-state index in [1.54, 1.807) is 6.20 Å². The summed E-state index contributed by atoms with van der Waals surface area (Å²) in [6.07, 6.45) is 12.1. The molecule has 0 unspecified atom stereocenters. The number of rotatable bonds is 4. The third-order valence-electron chi connectivity index (χ3n) is 7.11. The molecule has 1 heterocycles. The number of carboxylic acids is 1. The molecule has 0 amide bonds. The van der Waals surface area contributed by atoms with Gasteiger partial charge in [0.1, 0.15) is 5.75 Å². The van der Waals surface area contributed by atoms with Crippen molar-refractivity contribution in [3.63, 3.8) is 0 Å². The molecular weight excluding hydrogens is 350 g/mol. The molecule has 2 aromatic rings. The van der Waals surface area contributed by atoms with Gasteiger partial charge in [-0.2, -0.15) is 0 Å². The average Bonchev–Trinajstić information content (AvgIpc) is 2.66. The Morgan fingerprint density at radius 3 is 2.29 bits per heavy atom. The van der Waals surface area contributed by atoms with Crippen molar-refractivity contribution in [2.45, 2.75) is 43.9 Å². The first-order valence-corrected chi connectivity index (χ1v) is 10.2. The second-order valence-corrected chi connectivity index (χ2v) is 9.08. The van der Waals surface area contributed by atoms with E-state index in [1.165, 1.54) is 44.6 Å². The number of phenols is 1. The zero-order chi connectivity index (χ0) is 19.3. The fraction of sp³-hybridized carbons (Fsp3) is 0.417. The molecule has 0 spiro atoms. The quantitative estimate of drug-likeness (QED) is 0.736. The van der Waals surface area contributed by atoms with Crippen LogP contribution in [0.3, 0.4) is 0 Å². The van der Waals surface area contributed by atoms with Crippen LogP contribution in [0, 0.1) is 17.8 Å². The first kappa shape index (κ1) is 17.5. The van der Waals surface area contributed by atoms with Crippen molar-refractivity contribution in [3.8, 4) is 17.0 Å². The van der Waals surface area contributed by atoms with Gasteiger partial charge in [-0.15, -0.1) is 0 Å². The number of hydrogen-bond acceptors (Lipinski definition) is 3. The van der Waals surface area contributed by atoms with Crippen molar-refractivity contribution in [1.82, 2.24) is 4.98 Å². The molecule has 0 saturated heterocycles. The lowest BCUT2D eigenvalue weighted by molar-refractivity contribution is -0.131. The monoisotopic (exact) mass is 375 g/mol. The Morgan fingerprint density at radius 2 is 1.71 bits per heavy atom. The molecule has 2 N–H and O–H groups in total. The van der Waals surface area contributed by atoms with Gasteiger partial charge in [-0.1, -0.05) is 6.07 Å². The van der Waals surface area contributed by atoms with Crippen molar-refractivity contribution < 1.29 is 15.0 Å². The molecule has 4 fully saturated rings. The largest absolute Gasteiger partial charge is 0.508 e. The third kappa shape index (κ3) is 3.01. The number of phenolic OH excluding ortho intramolecular Hbond substituents is 1. The first-order chi connectivity index (χ1) is 13.5. The van der Waals surface area contributed by atoms with Gasteiger partial charge in [0.15, 0.2) is 0 Å². The van der Waals surface area contributed by atoms with Gasteiger partial charge in [0.05, 0.1) is 5.69 Å². The smallest absolute Gasteiger partial charge is 0.328 e. The van der Waals surface area contributed by atoms with Crippen molar-refractivity contribution in [1.29, 1.82) is 0 Å². The molecular formula is C24H25NO3. The predicted octanol–water partition coefficient (Wildman–Crippen LogP) is 5.02. The maximum Gasteiger partial charge on any atom is 0.328 e.